The second-order valence-electron chi connectivity index (χ2n) is 7.51. The van der Waals surface area contributed by atoms with Gasteiger partial charge in [-0.25, -0.2) is 0 Å². The summed E-state index contributed by atoms with van der Waals surface area (Å²) in [7, 11) is 1.60. The standard InChI is InChI=1S/C25H26Cl2N2O3/c1-16(2)25(30)29-19-12-10-18(11-13-19)28-14-17-6-4-9-23(31-3)24(17)32-15-20-21(26)7-5-8-22(20)27/h4-13,16,28H,14-15H2,1-3H3,(H,29,30). The number of amides is 1. The van der Waals surface area contributed by atoms with Crippen molar-refractivity contribution in [3.05, 3.63) is 81.8 Å². The summed E-state index contributed by atoms with van der Waals surface area (Å²) in [6.07, 6.45) is 0. The molecule has 3 aromatic rings. The molecule has 2 N–H and O–H groups in total. The summed E-state index contributed by atoms with van der Waals surface area (Å²) < 4.78 is 11.6. The smallest absolute Gasteiger partial charge is 0.226 e. The molecule has 0 spiro atoms. The minimum atomic E-state index is -0.0695. The van der Waals surface area contributed by atoms with E-state index in [0.29, 0.717) is 28.1 Å². The fourth-order valence-electron chi connectivity index (χ4n) is 2.99. The van der Waals surface area contributed by atoms with E-state index in [9.17, 15) is 4.79 Å². The lowest BCUT2D eigenvalue weighted by atomic mass is 10.1. The Balaban J connectivity index is 1.71. The SMILES string of the molecule is COc1cccc(CNc2ccc(NC(=O)C(C)C)cc2)c1OCc1c(Cl)cccc1Cl. The molecule has 0 radical (unpaired) electrons. The van der Waals surface area contributed by atoms with Crippen LogP contribution in [0.2, 0.25) is 10.0 Å². The van der Waals surface area contributed by atoms with Crippen LogP contribution in [0, 0.1) is 5.92 Å². The van der Waals surface area contributed by atoms with Gasteiger partial charge in [0, 0.05) is 45.0 Å². The lowest BCUT2D eigenvalue weighted by Gasteiger charge is -2.17. The van der Waals surface area contributed by atoms with Gasteiger partial charge in [-0.05, 0) is 42.5 Å². The van der Waals surface area contributed by atoms with Crippen LogP contribution in [-0.2, 0) is 17.9 Å². The van der Waals surface area contributed by atoms with Crippen LogP contribution >= 0.6 is 23.2 Å². The fraction of sp³-hybridized carbons (Fsp3) is 0.240. The maximum atomic E-state index is 11.8. The van der Waals surface area contributed by atoms with E-state index < -0.39 is 0 Å². The molecule has 5 nitrogen and oxygen atoms in total. The molecule has 0 atom stereocenters. The van der Waals surface area contributed by atoms with E-state index in [1.165, 1.54) is 0 Å². The van der Waals surface area contributed by atoms with Gasteiger partial charge in [-0.3, -0.25) is 4.79 Å². The zero-order chi connectivity index (χ0) is 23.1. The van der Waals surface area contributed by atoms with Crippen molar-refractivity contribution < 1.29 is 14.3 Å². The monoisotopic (exact) mass is 472 g/mol. The van der Waals surface area contributed by atoms with E-state index in [-0.39, 0.29) is 18.4 Å². The van der Waals surface area contributed by atoms with Crippen molar-refractivity contribution in [1.29, 1.82) is 0 Å². The van der Waals surface area contributed by atoms with Crippen LogP contribution in [0.5, 0.6) is 11.5 Å². The summed E-state index contributed by atoms with van der Waals surface area (Å²) in [5.41, 5.74) is 3.32. The topological polar surface area (TPSA) is 59.6 Å². The van der Waals surface area contributed by atoms with Crippen molar-refractivity contribution in [2.75, 3.05) is 17.7 Å². The Bertz CT molecular complexity index is 1050. The van der Waals surface area contributed by atoms with Crippen molar-refractivity contribution in [2.45, 2.75) is 27.0 Å². The zero-order valence-corrected chi connectivity index (χ0v) is 19.8. The fourth-order valence-corrected chi connectivity index (χ4v) is 3.50. The largest absolute Gasteiger partial charge is 0.493 e. The summed E-state index contributed by atoms with van der Waals surface area (Å²) in [4.78, 5) is 11.8. The number of hydrogen-bond donors (Lipinski definition) is 2. The highest BCUT2D eigenvalue weighted by Crippen LogP contribution is 2.34. The molecule has 3 rings (SSSR count). The predicted molar refractivity (Wildman–Crippen MR) is 131 cm³/mol. The van der Waals surface area contributed by atoms with E-state index in [1.807, 2.05) is 56.3 Å². The van der Waals surface area contributed by atoms with E-state index in [0.717, 1.165) is 22.5 Å². The first-order valence-electron chi connectivity index (χ1n) is 10.3. The highest BCUT2D eigenvalue weighted by Gasteiger charge is 2.14. The number of carbonyl (C=O) groups is 1. The van der Waals surface area contributed by atoms with Crippen LogP contribution in [0.3, 0.4) is 0 Å². The van der Waals surface area contributed by atoms with Crippen molar-refractivity contribution in [1.82, 2.24) is 0 Å². The normalized spacial score (nSPS) is 10.7. The third-order valence-corrected chi connectivity index (χ3v) is 5.57. The third-order valence-electron chi connectivity index (χ3n) is 4.86. The molecular weight excluding hydrogens is 447 g/mol. The van der Waals surface area contributed by atoms with E-state index in [2.05, 4.69) is 10.6 Å². The van der Waals surface area contributed by atoms with Crippen LogP contribution in [0.1, 0.15) is 25.0 Å². The van der Waals surface area contributed by atoms with Crippen molar-refractivity contribution >= 4 is 40.5 Å². The Morgan fingerprint density at radius 1 is 0.938 bits per heavy atom. The average Bonchev–Trinajstić information content (AvgIpc) is 2.78. The van der Waals surface area contributed by atoms with Crippen molar-refractivity contribution in [3.8, 4) is 11.5 Å². The van der Waals surface area contributed by atoms with E-state index >= 15 is 0 Å². The molecule has 0 aliphatic rings. The molecule has 0 unspecified atom stereocenters. The van der Waals surface area contributed by atoms with Gasteiger partial charge in [0.05, 0.1) is 7.11 Å². The molecule has 3 aromatic carbocycles. The molecule has 32 heavy (non-hydrogen) atoms. The van der Waals surface area contributed by atoms with Gasteiger partial charge in [-0.1, -0.05) is 55.2 Å². The van der Waals surface area contributed by atoms with Crippen molar-refractivity contribution in [2.24, 2.45) is 5.92 Å². The van der Waals surface area contributed by atoms with Gasteiger partial charge < -0.3 is 20.1 Å². The number of ether oxygens (including phenoxy) is 2. The second kappa shape index (κ2) is 11.1. The molecule has 0 aliphatic heterocycles. The minimum Gasteiger partial charge on any atom is -0.493 e. The predicted octanol–water partition coefficient (Wildman–Crippen LogP) is 6.79. The molecule has 1 amide bonds. The average molecular weight is 473 g/mol. The zero-order valence-electron chi connectivity index (χ0n) is 18.2. The first kappa shape index (κ1) is 23.8. The van der Waals surface area contributed by atoms with Crippen LogP contribution in [0.15, 0.2) is 60.7 Å². The van der Waals surface area contributed by atoms with Gasteiger partial charge in [-0.15, -0.1) is 0 Å². The van der Waals surface area contributed by atoms with Crippen LogP contribution in [-0.4, -0.2) is 13.0 Å². The third kappa shape index (κ3) is 6.09. The van der Waals surface area contributed by atoms with Gasteiger partial charge in [-0.2, -0.15) is 0 Å². The number of methoxy groups -OCH3 is 1. The van der Waals surface area contributed by atoms with Crippen LogP contribution in [0.25, 0.3) is 0 Å². The highest BCUT2D eigenvalue weighted by molar-refractivity contribution is 6.35. The van der Waals surface area contributed by atoms with Gasteiger partial charge in [0.2, 0.25) is 5.91 Å². The number of rotatable bonds is 9. The molecule has 0 heterocycles. The summed E-state index contributed by atoms with van der Waals surface area (Å²) in [5, 5.41) is 7.36. The number of hydrogen-bond acceptors (Lipinski definition) is 4. The molecule has 0 aromatic heterocycles. The minimum absolute atomic E-state index is 0.0116. The molecule has 0 saturated carbocycles. The van der Waals surface area contributed by atoms with Gasteiger partial charge in [0.15, 0.2) is 11.5 Å². The van der Waals surface area contributed by atoms with Gasteiger partial charge in [0.25, 0.3) is 0 Å². The maximum absolute atomic E-state index is 11.8. The molecule has 0 aliphatic carbocycles. The number of halogens is 2. The first-order chi connectivity index (χ1) is 15.4. The Labute approximate surface area is 198 Å². The number of para-hydroxylation sites is 1. The van der Waals surface area contributed by atoms with Gasteiger partial charge >= 0.3 is 0 Å². The molecule has 0 saturated heterocycles. The Morgan fingerprint density at radius 3 is 2.19 bits per heavy atom. The molecule has 0 fully saturated rings. The quantitative estimate of drug-likeness (QED) is 0.359. The van der Waals surface area contributed by atoms with Crippen molar-refractivity contribution in [3.63, 3.8) is 0 Å². The molecule has 7 heteroatoms. The van der Waals surface area contributed by atoms with E-state index in [4.69, 9.17) is 32.7 Å². The van der Waals surface area contributed by atoms with Crippen LogP contribution < -0.4 is 20.1 Å². The highest BCUT2D eigenvalue weighted by atomic mass is 35.5. The molecular formula is C25H26Cl2N2O3. The number of benzene rings is 3. The maximum Gasteiger partial charge on any atom is 0.226 e. The summed E-state index contributed by atoms with van der Waals surface area (Å²) in [5.74, 6) is 1.17. The summed E-state index contributed by atoms with van der Waals surface area (Å²) >= 11 is 12.6. The molecule has 168 valence electrons. The van der Waals surface area contributed by atoms with E-state index in [1.54, 1.807) is 25.3 Å². The number of anilines is 2. The summed E-state index contributed by atoms with van der Waals surface area (Å²) in [6.45, 7) is 4.45. The van der Waals surface area contributed by atoms with Gasteiger partial charge in [0.1, 0.15) is 6.61 Å². The lowest BCUT2D eigenvalue weighted by Crippen LogP contribution is -2.17. The molecule has 0 bridgehead atoms. The Morgan fingerprint density at radius 2 is 1.56 bits per heavy atom. The lowest BCUT2D eigenvalue weighted by molar-refractivity contribution is -0.118. The van der Waals surface area contributed by atoms with Crippen LogP contribution in [0.4, 0.5) is 11.4 Å². The number of carbonyl (C=O) groups excluding carboxylic acids is 1. The second-order valence-corrected chi connectivity index (χ2v) is 8.33. The number of nitrogens with one attached hydrogen (secondary N) is 2. The Hall–Kier alpha value is -2.89. The Kier molecular flexibility index (Phi) is 8.26. The summed E-state index contributed by atoms with van der Waals surface area (Å²) in [6, 6.07) is 18.7. The first-order valence-corrected chi connectivity index (χ1v) is 11.0.